The lowest BCUT2D eigenvalue weighted by Gasteiger charge is -2.44. The number of carbonyl (C=O) groups is 1. The molecule has 0 radical (unpaired) electrons. The number of amides is 1. The molecular formula is C16H23N3O3S. The predicted octanol–water partition coefficient (Wildman–Crippen LogP) is 1.42. The van der Waals surface area contributed by atoms with Gasteiger partial charge in [0, 0.05) is 31.5 Å². The number of nitrogens with zero attached hydrogens (tertiary/aromatic N) is 3. The first-order chi connectivity index (χ1) is 10.8. The number of aromatic nitrogens is 1. The second kappa shape index (κ2) is 5.87. The first kappa shape index (κ1) is 16.4. The summed E-state index contributed by atoms with van der Waals surface area (Å²) in [6.45, 7) is 3.60. The van der Waals surface area contributed by atoms with Gasteiger partial charge in [-0.25, -0.2) is 8.42 Å². The topological polar surface area (TPSA) is 70.6 Å². The van der Waals surface area contributed by atoms with E-state index in [4.69, 9.17) is 0 Å². The van der Waals surface area contributed by atoms with Gasteiger partial charge in [-0.05, 0) is 44.7 Å². The van der Waals surface area contributed by atoms with Crippen LogP contribution in [0.4, 0.5) is 0 Å². The molecule has 1 aromatic rings. The van der Waals surface area contributed by atoms with Crippen LogP contribution in [0.1, 0.15) is 41.7 Å². The summed E-state index contributed by atoms with van der Waals surface area (Å²) in [5.41, 5.74) is 1.02. The summed E-state index contributed by atoms with van der Waals surface area (Å²) in [7, 11) is -3.25. The fourth-order valence-corrected chi connectivity index (χ4v) is 5.31. The van der Waals surface area contributed by atoms with Crippen LogP contribution in [0, 0.1) is 6.92 Å². The van der Waals surface area contributed by atoms with Gasteiger partial charge in [-0.3, -0.25) is 9.78 Å². The highest BCUT2D eigenvalue weighted by Gasteiger charge is 2.48. The summed E-state index contributed by atoms with van der Waals surface area (Å²) < 4.78 is 25.8. The summed E-state index contributed by atoms with van der Waals surface area (Å²) in [4.78, 5) is 18.7. The van der Waals surface area contributed by atoms with E-state index in [-0.39, 0.29) is 5.91 Å². The molecule has 1 aromatic heterocycles. The van der Waals surface area contributed by atoms with E-state index < -0.39 is 15.6 Å². The predicted molar refractivity (Wildman–Crippen MR) is 87.6 cm³/mol. The van der Waals surface area contributed by atoms with Gasteiger partial charge in [0.25, 0.3) is 5.91 Å². The summed E-state index contributed by atoms with van der Waals surface area (Å²) in [5, 5.41) is 0. The van der Waals surface area contributed by atoms with Crippen molar-refractivity contribution in [1.29, 1.82) is 0 Å². The molecule has 2 aliphatic rings. The molecule has 0 aliphatic carbocycles. The second-order valence-electron chi connectivity index (χ2n) is 6.68. The van der Waals surface area contributed by atoms with Gasteiger partial charge in [-0.15, -0.1) is 0 Å². The Labute approximate surface area is 137 Å². The molecule has 6 nitrogen and oxygen atoms in total. The van der Waals surface area contributed by atoms with E-state index in [1.165, 1.54) is 6.26 Å². The molecule has 0 saturated carbocycles. The van der Waals surface area contributed by atoms with Crippen molar-refractivity contribution in [2.45, 2.75) is 38.1 Å². The number of aryl methyl sites for hydroxylation is 1. The Morgan fingerprint density at radius 1 is 1.22 bits per heavy atom. The van der Waals surface area contributed by atoms with Crippen molar-refractivity contribution in [2.24, 2.45) is 0 Å². The van der Waals surface area contributed by atoms with Gasteiger partial charge in [-0.2, -0.15) is 4.31 Å². The van der Waals surface area contributed by atoms with Gasteiger partial charge in [0.1, 0.15) is 0 Å². The van der Waals surface area contributed by atoms with Crippen molar-refractivity contribution in [3.05, 3.63) is 29.6 Å². The van der Waals surface area contributed by atoms with Crippen LogP contribution < -0.4 is 0 Å². The van der Waals surface area contributed by atoms with Gasteiger partial charge in [0.15, 0.2) is 0 Å². The van der Waals surface area contributed by atoms with Crippen molar-refractivity contribution >= 4 is 15.9 Å². The lowest BCUT2D eigenvalue weighted by molar-refractivity contribution is 0.0524. The molecule has 126 valence electrons. The minimum Gasteiger partial charge on any atom is -0.337 e. The Morgan fingerprint density at radius 3 is 2.52 bits per heavy atom. The number of carbonyl (C=O) groups excluding carboxylic acids is 1. The standard InChI is InChI=1S/C16H23N3O3S/c1-13-5-6-14(11-17-13)15(20)18-9-3-7-16(12-18)8-4-10-19(16)23(2,21)22/h5-6,11H,3-4,7-10,12H2,1-2H3. The van der Waals surface area contributed by atoms with Gasteiger partial charge in [0.2, 0.25) is 10.0 Å². The van der Waals surface area contributed by atoms with E-state index in [9.17, 15) is 13.2 Å². The van der Waals surface area contributed by atoms with Gasteiger partial charge >= 0.3 is 0 Å². The zero-order chi connectivity index (χ0) is 16.7. The Balaban J connectivity index is 1.83. The maximum absolute atomic E-state index is 12.7. The van der Waals surface area contributed by atoms with Crippen LogP contribution in [0.2, 0.25) is 0 Å². The van der Waals surface area contributed by atoms with Crippen LogP contribution in [0.25, 0.3) is 0 Å². The third-order valence-electron chi connectivity index (χ3n) is 4.93. The number of sulfonamides is 1. The van der Waals surface area contributed by atoms with Crippen molar-refractivity contribution in [3.8, 4) is 0 Å². The van der Waals surface area contributed by atoms with Crippen LogP contribution in [0.5, 0.6) is 0 Å². The maximum atomic E-state index is 12.7. The first-order valence-corrected chi connectivity index (χ1v) is 9.86. The van der Waals surface area contributed by atoms with Crippen molar-refractivity contribution in [3.63, 3.8) is 0 Å². The normalized spacial score (nSPS) is 25.9. The molecule has 3 heterocycles. The molecule has 2 aliphatic heterocycles. The van der Waals surface area contributed by atoms with E-state index in [1.807, 2.05) is 13.0 Å². The molecule has 0 N–H and O–H groups in total. The van der Waals surface area contributed by atoms with E-state index in [0.29, 0.717) is 25.2 Å². The molecule has 2 saturated heterocycles. The van der Waals surface area contributed by atoms with Crippen molar-refractivity contribution < 1.29 is 13.2 Å². The lowest BCUT2D eigenvalue weighted by atomic mass is 9.87. The Morgan fingerprint density at radius 2 is 1.91 bits per heavy atom. The highest BCUT2D eigenvalue weighted by molar-refractivity contribution is 7.88. The van der Waals surface area contributed by atoms with Gasteiger partial charge < -0.3 is 4.90 Å². The fraction of sp³-hybridized carbons (Fsp3) is 0.625. The average molecular weight is 337 g/mol. The van der Waals surface area contributed by atoms with Crippen LogP contribution in [-0.2, 0) is 10.0 Å². The number of rotatable bonds is 2. The van der Waals surface area contributed by atoms with E-state index in [0.717, 1.165) is 31.4 Å². The summed E-state index contributed by atoms with van der Waals surface area (Å²) in [5.74, 6) is -0.0584. The monoisotopic (exact) mass is 337 g/mol. The number of hydrogen-bond donors (Lipinski definition) is 0. The molecule has 3 rings (SSSR count). The average Bonchev–Trinajstić information content (AvgIpc) is 2.90. The van der Waals surface area contributed by atoms with Crippen LogP contribution in [0.3, 0.4) is 0 Å². The smallest absolute Gasteiger partial charge is 0.255 e. The molecule has 2 fully saturated rings. The minimum absolute atomic E-state index is 0.0584. The van der Waals surface area contributed by atoms with Crippen LogP contribution in [-0.4, -0.2) is 59.9 Å². The van der Waals surface area contributed by atoms with Crippen LogP contribution in [0.15, 0.2) is 18.3 Å². The Kier molecular flexibility index (Phi) is 4.18. The lowest BCUT2D eigenvalue weighted by Crippen LogP contribution is -2.58. The van der Waals surface area contributed by atoms with Crippen molar-refractivity contribution in [2.75, 3.05) is 25.9 Å². The maximum Gasteiger partial charge on any atom is 0.255 e. The largest absolute Gasteiger partial charge is 0.337 e. The van der Waals surface area contributed by atoms with Crippen molar-refractivity contribution in [1.82, 2.24) is 14.2 Å². The third kappa shape index (κ3) is 3.12. The van der Waals surface area contributed by atoms with Gasteiger partial charge in [-0.1, -0.05) is 0 Å². The summed E-state index contributed by atoms with van der Waals surface area (Å²) in [6, 6.07) is 3.61. The number of likely N-dealkylation sites (tertiary alicyclic amines) is 1. The highest BCUT2D eigenvalue weighted by atomic mass is 32.2. The van der Waals surface area contributed by atoms with E-state index in [2.05, 4.69) is 4.98 Å². The Bertz CT molecular complexity index is 702. The molecule has 7 heteroatoms. The third-order valence-corrected chi connectivity index (χ3v) is 6.30. The molecule has 0 aromatic carbocycles. The van der Waals surface area contributed by atoms with E-state index in [1.54, 1.807) is 21.5 Å². The highest BCUT2D eigenvalue weighted by Crippen LogP contribution is 2.39. The molecule has 1 atom stereocenters. The van der Waals surface area contributed by atoms with E-state index >= 15 is 0 Å². The number of pyridine rings is 1. The quantitative estimate of drug-likeness (QED) is 0.818. The molecule has 1 amide bonds. The first-order valence-electron chi connectivity index (χ1n) is 8.02. The molecule has 1 spiro atoms. The molecular weight excluding hydrogens is 314 g/mol. The minimum atomic E-state index is -3.25. The SMILES string of the molecule is Cc1ccc(C(=O)N2CCCC3(CCCN3S(C)(=O)=O)C2)cn1. The molecule has 1 unspecified atom stereocenters. The molecule has 0 bridgehead atoms. The number of piperidine rings is 1. The zero-order valence-corrected chi connectivity index (χ0v) is 14.5. The van der Waals surface area contributed by atoms with Crippen LogP contribution >= 0.6 is 0 Å². The summed E-state index contributed by atoms with van der Waals surface area (Å²) in [6.07, 6.45) is 6.22. The zero-order valence-electron chi connectivity index (χ0n) is 13.7. The fourth-order valence-electron chi connectivity index (χ4n) is 3.90. The Hall–Kier alpha value is -1.47. The second-order valence-corrected chi connectivity index (χ2v) is 8.59. The number of hydrogen-bond acceptors (Lipinski definition) is 4. The molecule has 23 heavy (non-hydrogen) atoms. The summed E-state index contributed by atoms with van der Waals surface area (Å²) >= 11 is 0. The van der Waals surface area contributed by atoms with Gasteiger partial charge in [0.05, 0.1) is 17.4 Å².